The van der Waals surface area contributed by atoms with Crippen molar-refractivity contribution >= 4 is 12.0 Å². The third-order valence-electron chi connectivity index (χ3n) is 10.4. The number of carbonyl (C=O) groups excluding carboxylic acids is 1. The summed E-state index contributed by atoms with van der Waals surface area (Å²) in [5.41, 5.74) is 3.81. The lowest BCUT2D eigenvalue weighted by Gasteiger charge is -2.62. The average molecular weight is 474 g/mol. The summed E-state index contributed by atoms with van der Waals surface area (Å²) >= 11 is 0. The molecular formula is C30H35NO4. The van der Waals surface area contributed by atoms with Crippen molar-refractivity contribution in [1.29, 1.82) is 0 Å². The lowest BCUT2D eigenvalue weighted by Crippen LogP contribution is -2.66. The quantitative estimate of drug-likeness (QED) is 0.565. The third-order valence-corrected chi connectivity index (χ3v) is 10.4. The summed E-state index contributed by atoms with van der Waals surface area (Å²) in [6.45, 7) is 2.56. The molecule has 1 spiro atoms. The number of likely N-dealkylation sites (N-methyl/N-ethyl adjacent to an activating group) is 1. The van der Waals surface area contributed by atoms with E-state index < -0.39 is 0 Å². The van der Waals surface area contributed by atoms with Gasteiger partial charge in [-0.3, -0.25) is 4.79 Å². The van der Waals surface area contributed by atoms with Gasteiger partial charge >= 0.3 is 0 Å². The van der Waals surface area contributed by atoms with Crippen molar-refractivity contribution in [3.05, 3.63) is 53.5 Å². The van der Waals surface area contributed by atoms with Gasteiger partial charge in [0, 0.05) is 29.7 Å². The van der Waals surface area contributed by atoms with Crippen molar-refractivity contribution in [1.82, 2.24) is 4.90 Å². The van der Waals surface area contributed by atoms with Crippen molar-refractivity contribution in [3.8, 4) is 11.5 Å². The Morgan fingerprint density at radius 2 is 2.03 bits per heavy atom. The Morgan fingerprint density at radius 1 is 1.17 bits per heavy atom. The van der Waals surface area contributed by atoms with Crippen molar-refractivity contribution < 1.29 is 19.1 Å². The number of hydrogen-bond acceptors (Lipinski definition) is 4. The summed E-state index contributed by atoms with van der Waals surface area (Å²) in [5.74, 6) is 3.06. The summed E-state index contributed by atoms with van der Waals surface area (Å²) < 4.78 is 11.8. The molecule has 6 atom stereocenters. The molecule has 7 rings (SSSR count). The Balaban J connectivity index is 1.26. The van der Waals surface area contributed by atoms with Gasteiger partial charge in [-0.05, 0) is 85.5 Å². The molecule has 3 unspecified atom stereocenters. The molecule has 1 aliphatic heterocycles. The maximum atomic E-state index is 13.2. The highest BCUT2D eigenvalue weighted by Crippen LogP contribution is 2.70. The van der Waals surface area contributed by atoms with E-state index in [1.807, 2.05) is 24.1 Å². The van der Waals surface area contributed by atoms with Gasteiger partial charge in [-0.15, -0.1) is 0 Å². The predicted molar refractivity (Wildman–Crippen MR) is 133 cm³/mol. The zero-order valence-corrected chi connectivity index (χ0v) is 20.7. The van der Waals surface area contributed by atoms with Gasteiger partial charge in [-0.25, -0.2) is 0 Å². The summed E-state index contributed by atoms with van der Waals surface area (Å²) in [5, 5.41) is 10.8. The van der Waals surface area contributed by atoms with Crippen LogP contribution in [-0.2, 0) is 16.6 Å². The number of phenolic OH excluding ortho intramolecular Hbond substituents is 1. The third kappa shape index (κ3) is 3.02. The zero-order valence-electron chi connectivity index (χ0n) is 20.7. The van der Waals surface area contributed by atoms with E-state index in [0.717, 1.165) is 37.2 Å². The van der Waals surface area contributed by atoms with E-state index in [9.17, 15) is 9.90 Å². The summed E-state index contributed by atoms with van der Waals surface area (Å²) in [6.07, 6.45) is 16.2. The smallest absolute Gasteiger partial charge is 0.246 e. The molecule has 0 radical (unpaired) electrons. The van der Waals surface area contributed by atoms with Crippen molar-refractivity contribution in [3.63, 3.8) is 0 Å². The van der Waals surface area contributed by atoms with Crippen LogP contribution in [0.15, 0.2) is 41.2 Å². The first-order chi connectivity index (χ1) is 16.9. The molecule has 3 saturated carbocycles. The number of ether oxygens (including phenoxy) is 1. The molecule has 2 bridgehead atoms. The number of benzene rings is 1. The number of nitrogens with zero attached hydrogens (tertiary/aromatic N) is 1. The second-order valence-electron chi connectivity index (χ2n) is 12.2. The van der Waals surface area contributed by atoms with Crippen LogP contribution in [0.3, 0.4) is 0 Å². The van der Waals surface area contributed by atoms with Gasteiger partial charge in [-0.1, -0.05) is 25.8 Å². The lowest BCUT2D eigenvalue weighted by atomic mass is 9.42. The first kappa shape index (κ1) is 21.6. The molecule has 1 N–H and O–H groups in total. The number of furan rings is 1. The highest BCUT2D eigenvalue weighted by molar-refractivity contribution is 5.91. The number of amides is 1. The van der Waals surface area contributed by atoms with Crippen LogP contribution in [0.1, 0.15) is 68.6 Å². The molecule has 1 amide bonds. The minimum absolute atomic E-state index is 0.0149. The van der Waals surface area contributed by atoms with Crippen LogP contribution in [0.2, 0.25) is 0 Å². The van der Waals surface area contributed by atoms with E-state index in [2.05, 4.69) is 13.0 Å². The first-order valence-corrected chi connectivity index (χ1v) is 13.4. The number of hydrogen-bond donors (Lipinski definition) is 1. The van der Waals surface area contributed by atoms with E-state index >= 15 is 0 Å². The maximum Gasteiger partial charge on any atom is 0.246 e. The van der Waals surface area contributed by atoms with Gasteiger partial charge in [0.2, 0.25) is 5.91 Å². The van der Waals surface area contributed by atoms with Gasteiger partial charge in [0.05, 0.1) is 18.6 Å². The monoisotopic (exact) mass is 473 g/mol. The fraction of sp³-hybridized carbons (Fsp3) is 0.567. The SMILES string of the molecule is CN(C(=O)/C=C/c1ccoc1)[C@H]1CCC2C3Cc4ccc(O)c5c4[C@]2(CC[C@]3(C)CC2CC2)C1O5. The fourth-order valence-electron chi connectivity index (χ4n) is 8.62. The highest BCUT2D eigenvalue weighted by atomic mass is 16.5. The van der Waals surface area contributed by atoms with Gasteiger partial charge < -0.3 is 19.2 Å². The fourth-order valence-corrected chi connectivity index (χ4v) is 8.62. The molecule has 35 heavy (non-hydrogen) atoms. The van der Waals surface area contributed by atoms with E-state index in [1.54, 1.807) is 24.7 Å². The van der Waals surface area contributed by atoms with Crippen LogP contribution in [0.4, 0.5) is 0 Å². The Morgan fingerprint density at radius 3 is 2.80 bits per heavy atom. The van der Waals surface area contributed by atoms with Crippen molar-refractivity contribution in [2.45, 2.75) is 75.9 Å². The maximum absolute atomic E-state index is 13.2. The molecule has 5 heteroatoms. The molecule has 3 fully saturated rings. The van der Waals surface area contributed by atoms with E-state index in [1.165, 1.54) is 36.8 Å². The molecule has 2 heterocycles. The number of rotatable bonds is 5. The molecule has 1 aromatic carbocycles. The largest absolute Gasteiger partial charge is 0.504 e. The summed E-state index contributed by atoms with van der Waals surface area (Å²) in [4.78, 5) is 15.1. The first-order valence-electron chi connectivity index (χ1n) is 13.4. The Hall–Kier alpha value is -2.69. The molecule has 5 nitrogen and oxygen atoms in total. The van der Waals surface area contributed by atoms with Crippen LogP contribution in [0.25, 0.3) is 6.08 Å². The van der Waals surface area contributed by atoms with Gasteiger partial charge in [0.1, 0.15) is 6.10 Å². The Labute approximate surface area is 207 Å². The molecule has 1 aromatic heterocycles. The summed E-state index contributed by atoms with van der Waals surface area (Å²) in [6, 6.07) is 5.81. The minimum atomic E-state index is -0.104. The van der Waals surface area contributed by atoms with Gasteiger partial charge in [-0.2, -0.15) is 0 Å². The van der Waals surface area contributed by atoms with Crippen LogP contribution in [-0.4, -0.2) is 35.1 Å². The predicted octanol–water partition coefficient (Wildman–Crippen LogP) is 5.71. The van der Waals surface area contributed by atoms with Gasteiger partial charge in [0.15, 0.2) is 11.5 Å². The highest BCUT2D eigenvalue weighted by Gasteiger charge is 2.68. The van der Waals surface area contributed by atoms with Crippen molar-refractivity contribution in [2.24, 2.45) is 23.2 Å². The zero-order chi connectivity index (χ0) is 23.9. The Bertz CT molecular complexity index is 1200. The topological polar surface area (TPSA) is 62.9 Å². The second kappa shape index (κ2) is 7.41. The van der Waals surface area contributed by atoms with Crippen LogP contribution >= 0.6 is 0 Å². The van der Waals surface area contributed by atoms with E-state index in [4.69, 9.17) is 9.15 Å². The Kier molecular flexibility index (Phi) is 4.57. The minimum Gasteiger partial charge on any atom is -0.504 e. The number of carbonyl (C=O) groups is 1. The summed E-state index contributed by atoms with van der Waals surface area (Å²) in [7, 11) is 1.91. The van der Waals surface area contributed by atoms with E-state index in [-0.39, 0.29) is 29.2 Å². The van der Waals surface area contributed by atoms with E-state index in [0.29, 0.717) is 23.0 Å². The molecule has 4 aliphatic carbocycles. The second-order valence-corrected chi connectivity index (χ2v) is 12.2. The standard InChI is InChI=1S/C30H35NO4/c1-29(16-18-3-4-18)12-13-30-21-7-8-23(31(2)25(33)10-5-19-11-14-34-17-19)28(30)35-27-24(32)9-6-20(26(27)30)15-22(21)29/h5-6,9-11,14,17-18,21-23,28,32H,3-4,7-8,12-13,15-16H2,1-2H3/b10-5+/t21?,22?,23-,28?,29+,30+/m0/s1. The van der Waals surface area contributed by atoms with Crippen LogP contribution in [0.5, 0.6) is 11.5 Å². The van der Waals surface area contributed by atoms with Crippen LogP contribution < -0.4 is 4.74 Å². The molecule has 0 saturated heterocycles. The van der Waals surface area contributed by atoms with Gasteiger partial charge in [0.25, 0.3) is 0 Å². The molecule has 184 valence electrons. The lowest BCUT2D eigenvalue weighted by molar-refractivity contribution is -0.138. The number of phenols is 1. The molecule has 2 aromatic rings. The number of aromatic hydroxyl groups is 1. The van der Waals surface area contributed by atoms with Crippen molar-refractivity contribution in [2.75, 3.05) is 7.05 Å². The van der Waals surface area contributed by atoms with Crippen LogP contribution in [0, 0.1) is 23.2 Å². The molecule has 5 aliphatic rings. The molecular weight excluding hydrogens is 438 g/mol. The average Bonchev–Trinajstić information content (AvgIpc) is 3.36. The normalized spacial score (nSPS) is 36.6.